The number of aromatic nitrogens is 2. The maximum Gasteiger partial charge on any atom is 0.343 e. The summed E-state index contributed by atoms with van der Waals surface area (Å²) in [6.45, 7) is 6.71. The topological polar surface area (TPSA) is 52.1 Å². The third kappa shape index (κ3) is 10.4. The van der Waals surface area contributed by atoms with E-state index < -0.39 is 0 Å². The van der Waals surface area contributed by atoms with E-state index in [1.807, 2.05) is 48.8 Å². The number of unbranched alkanes of at least 4 members (excludes halogenated alkanes) is 9. The highest BCUT2D eigenvalue weighted by Crippen LogP contribution is 2.21. The van der Waals surface area contributed by atoms with E-state index in [-0.39, 0.29) is 5.97 Å². The van der Waals surface area contributed by atoms with Gasteiger partial charge in [0.25, 0.3) is 0 Å². The molecule has 0 aliphatic rings. The van der Waals surface area contributed by atoms with Gasteiger partial charge in [-0.2, -0.15) is 0 Å². The van der Waals surface area contributed by atoms with Gasteiger partial charge in [-0.3, -0.25) is 0 Å². The van der Waals surface area contributed by atoms with Crippen LogP contribution >= 0.6 is 0 Å². The molecule has 0 bridgehead atoms. The molecule has 1 heterocycles. The third-order valence-electron chi connectivity index (χ3n) is 7.32. The molecule has 0 fully saturated rings. The molecule has 38 heavy (non-hydrogen) atoms. The normalized spacial score (nSPS) is 11.9. The molecule has 0 aliphatic heterocycles. The van der Waals surface area contributed by atoms with Crippen molar-refractivity contribution in [3.8, 4) is 17.1 Å². The van der Waals surface area contributed by atoms with Crippen LogP contribution in [0.2, 0.25) is 0 Å². The molecule has 3 aromatic rings. The van der Waals surface area contributed by atoms with Crippen LogP contribution < -0.4 is 4.74 Å². The van der Waals surface area contributed by atoms with Gasteiger partial charge < -0.3 is 4.74 Å². The first-order valence-corrected chi connectivity index (χ1v) is 14.8. The van der Waals surface area contributed by atoms with Gasteiger partial charge in [-0.25, -0.2) is 14.8 Å². The predicted octanol–water partition coefficient (Wildman–Crippen LogP) is 9.41. The second kappa shape index (κ2) is 16.8. The minimum Gasteiger partial charge on any atom is -0.423 e. The molecule has 0 radical (unpaired) electrons. The molecule has 4 nitrogen and oxygen atoms in total. The van der Waals surface area contributed by atoms with Crippen molar-refractivity contribution in [3.05, 3.63) is 77.6 Å². The van der Waals surface area contributed by atoms with E-state index in [1.165, 1.54) is 75.3 Å². The van der Waals surface area contributed by atoms with Crippen molar-refractivity contribution in [2.24, 2.45) is 5.92 Å². The van der Waals surface area contributed by atoms with E-state index in [2.05, 4.69) is 30.7 Å². The summed E-state index contributed by atoms with van der Waals surface area (Å²) in [7, 11) is 0. The zero-order chi connectivity index (χ0) is 27.0. The van der Waals surface area contributed by atoms with Crippen LogP contribution in [0.1, 0.15) is 113 Å². The molecule has 4 heteroatoms. The maximum atomic E-state index is 12.6. The fourth-order valence-electron chi connectivity index (χ4n) is 4.61. The van der Waals surface area contributed by atoms with Crippen molar-refractivity contribution in [1.82, 2.24) is 9.97 Å². The quantitative estimate of drug-likeness (QED) is 0.102. The van der Waals surface area contributed by atoms with Crippen molar-refractivity contribution in [1.29, 1.82) is 0 Å². The Hall–Kier alpha value is -3.01. The van der Waals surface area contributed by atoms with Crippen molar-refractivity contribution in [3.63, 3.8) is 0 Å². The number of ether oxygens (including phenoxy) is 1. The summed E-state index contributed by atoms with van der Waals surface area (Å²) < 4.78 is 5.57. The Morgan fingerprint density at radius 3 is 1.89 bits per heavy atom. The number of aryl methyl sites for hydroxylation is 1. The van der Waals surface area contributed by atoms with E-state index >= 15 is 0 Å². The first-order valence-electron chi connectivity index (χ1n) is 14.8. The molecule has 3 rings (SSSR count). The van der Waals surface area contributed by atoms with Gasteiger partial charge in [0.15, 0.2) is 5.82 Å². The molecule has 0 amide bonds. The molecule has 0 spiro atoms. The number of esters is 1. The summed E-state index contributed by atoms with van der Waals surface area (Å²) in [5, 5.41) is 0. The first-order chi connectivity index (χ1) is 18.6. The summed E-state index contributed by atoms with van der Waals surface area (Å²) in [6, 6.07) is 15.1. The number of rotatable bonds is 17. The standard InChI is InChI=1S/C34H46N2O2/c1-4-6-7-8-9-10-11-12-13-14-15-29-25-35-33(36-26-29)30-20-22-32(23-21-30)38-34(37)31-18-16-28(17-19-31)24-27(3)5-2/h16-23,25-27H,4-15,24H2,1-3H3/t27-/m0/s1. The van der Waals surface area contributed by atoms with Crippen LogP contribution in [-0.4, -0.2) is 15.9 Å². The molecule has 0 aliphatic carbocycles. The average Bonchev–Trinajstić information content (AvgIpc) is 2.95. The molecule has 0 unspecified atom stereocenters. The Bertz CT molecular complexity index is 1060. The van der Waals surface area contributed by atoms with Gasteiger partial charge in [0.1, 0.15) is 5.75 Å². The third-order valence-corrected chi connectivity index (χ3v) is 7.32. The number of nitrogens with zero attached hydrogens (tertiary/aromatic N) is 2. The lowest BCUT2D eigenvalue weighted by Crippen LogP contribution is -2.08. The van der Waals surface area contributed by atoms with E-state index in [0.717, 1.165) is 24.8 Å². The number of carbonyl (C=O) groups is 1. The van der Waals surface area contributed by atoms with Crippen LogP contribution in [0.25, 0.3) is 11.4 Å². The van der Waals surface area contributed by atoms with Crippen LogP contribution in [0, 0.1) is 5.92 Å². The monoisotopic (exact) mass is 514 g/mol. The Morgan fingerprint density at radius 1 is 0.737 bits per heavy atom. The van der Waals surface area contributed by atoms with Gasteiger partial charge in [0.05, 0.1) is 5.56 Å². The van der Waals surface area contributed by atoms with Gasteiger partial charge in [0, 0.05) is 18.0 Å². The van der Waals surface area contributed by atoms with Crippen LogP contribution in [0.15, 0.2) is 60.9 Å². The summed E-state index contributed by atoms with van der Waals surface area (Å²) in [5.41, 5.74) is 3.90. The van der Waals surface area contributed by atoms with Crippen LogP contribution in [0.3, 0.4) is 0 Å². The van der Waals surface area contributed by atoms with Crippen molar-refractivity contribution in [2.75, 3.05) is 0 Å². The summed E-state index contributed by atoms with van der Waals surface area (Å²) in [6.07, 6.45) is 20.5. The van der Waals surface area contributed by atoms with E-state index in [0.29, 0.717) is 23.1 Å². The largest absolute Gasteiger partial charge is 0.423 e. The number of carbonyl (C=O) groups excluding carboxylic acids is 1. The first kappa shape index (κ1) is 29.5. The lowest BCUT2D eigenvalue weighted by molar-refractivity contribution is 0.0735. The fourth-order valence-corrected chi connectivity index (χ4v) is 4.61. The average molecular weight is 515 g/mol. The van der Waals surface area contributed by atoms with Gasteiger partial charge in [-0.15, -0.1) is 0 Å². The number of hydrogen-bond donors (Lipinski definition) is 0. The van der Waals surface area contributed by atoms with E-state index in [1.54, 1.807) is 12.1 Å². The van der Waals surface area contributed by atoms with E-state index in [4.69, 9.17) is 4.74 Å². The molecule has 0 saturated carbocycles. The molecular weight excluding hydrogens is 468 g/mol. The molecule has 1 aromatic heterocycles. The second-order valence-electron chi connectivity index (χ2n) is 10.7. The van der Waals surface area contributed by atoms with Gasteiger partial charge in [-0.1, -0.05) is 97.1 Å². The molecule has 204 valence electrons. The smallest absolute Gasteiger partial charge is 0.343 e. The molecule has 0 saturated heterocycles. The zero-order valence-corrected chi connectivity index (χ0v) is 23.8. The summed E-state index contributed by atoms with van der Waals surface area (Å²) in [4.78, 5) is 21.7. The summed E-state index contributed by atoms with van der Waals surface area (Å²) in [5.74, 6) is 1.49. The Morgan fingerprint density at radius 2 is 1.32 bits per heavy atom. The SMILES string of the molecule is CCCCCCCCCCCCc1cnc(-c2ccc(OC(=O)c3ccc(C[C@@H](C)CC)cc3)cc2)nc1. The summed E-state index contributed by atoms with van der Waals surface area (Å²) >= 11 is 0. The predicted molar refractivity (Wildman–Crippen MR) is 158 cm³/mol. The van der Waals surface area contributed by atoms with E-state index in [9.17, 15) is 4.79 Å². The van der Waals surface area contributed by atoms with Crippen molar-refractivity contribution < 1.29 is 9.53 Å². The van der Waals surface area contributed by atoms with Crippen LogP contribution in [-0.2, 0) is 12.8 Å². The lowest BCUT2D eigenvalue weighted by atomic mass is 9.98. The fraction of sp³-hybridized carbons (Fsp3) is 0.500. The Kier molecular flexibility index (Phi) is 13.0. The highest BCUT2D eigenvalue weighted by molar-refractivity contribution is 5.91. The number of hydrogen-bond acceptors (Lipinski definition) is 4. The zero-order valence-electron chi connectivity index (χ0n) is 23.8. The van der Waals surface area contributed by atoms with Gasteiger partial charge in [-0.05, 0) is 72.7 Å². The molecule has 1 atom stereocenters. The van der Waals surface area contributed by atoms with Crippen LogP contribution in [0.5, 0.6) is 5.75 Å². The minimum absolute atomic E-state index is 0.347. The molecule has 2 aromatic carbocycles. The Labute approximate surface area is 230 Å². The van der Waals surface area contributed by atoms with Gasteiger partial charge >= 0.3 is 5.97 Å². The number of benzene rings is 2. The van der Waals surface area contributed by atoms with Crippen LogP contribution in [0.4, 0.5) is 0 Å². The van der Waals surface area contributed by atoms with Crippen molar-refractivity contribution in [2.45, 2.75) is 104 Å². The van der Waals surface area contributed by atoms with Gasteiger partial charge in [0.2, 0.25) is 0 Å². The minimum atomic E-state index is -0.347. The van der Waals surface area contributed by atoms with Crippen molar-refractivity contribution >= 4 is 5.97 Å². The second-order valence-corrected chi connectivity index (χ2v) is 10.7. The highest BCUT2D eigenvalue weighted by Gasteiger charge is 2.10. The molecule has 0 N–H and O–H groups in total. The molecular formula is C34H46N2O2. The maximum absolute atomic E-state index is 12.6. The highest BCUT2D eigenvalue weighted by atomic mass is 16.5. The lowest BCUT2D eigenvalue weighted by Gasteiger charge is -2.09. The Balaban J connectivity index is 1.39.